The Morgan fingerprint density at radius 2 is 1.62 bits per heavy atom. The Morgan fingerprint density at radius 3 is 2.19 bits per heavy atom. The quantitative estimate of drug-likeness (QED) is 0.791. The second kappa shape index (κ2) is 6.08. The standard InChI is InChI=1S/C16H20O5/c1-9(2)19-15-12(18-5)8-11-6-7-13(17)21-14(11)16(15)20-10(3)4/h6-10H,1-5H3. The first-order valence-corrected chi connectivity index (χ1v) is 6.90. The van der Waals surface area contributed by atoms with Crippen LogP contribution in [0.2, 0.25) is 0 Å². The van der Waals surface area contributed by atoms with E-state index in [1.165, 1.54) is 6.07 Å². The van der Waals surface area contributed by atoms with Crippen LogP contribution in [0.15, 0.2) is 27.4 Å². The van der Waals surface area contributed by atoms with Crippen LogP contribution >= 0.6 is 0 Å². The molecule has 2 aromatic rings. The van der Waals surface area contributed by atoms with Crippen LogP contribution in [-0.2, 0) is 0 Å². The van der Waals surface area contributed by atoms with E-state index in [2.05, 4.69) is 0 Å². The summed E-state index contributed by atoms with van der Waals surface area (Å²) in [5.41, 5.74) is -0.0654. The SMILES string of the molecule is COc1cc2ccc(=O)oc2c(OC(C)C)c1OC(C)C. The highest BCUT2D eigenvalue weighted by Gasteiger charge is 2.21. The maximum atomic E-state index is 11.5. The third kappa shape index (κ3) is 3.29. The Bertz CT molecular complexity index is 685. The first-order chi connectivity index (χ1) is 9.92. The van der Waals surface area contributed by atoms with Gasteiger partial charge in [-0.05, 0) is 39.8 Å². The van der Waals surface area contributed by atoms with E-state index < -0.39 is 5.63 Å². The maximum Gasteiger partial charge on any atom is 0.336 e. The molecule has 5 nitrogen and oxygen atoms in total. The van der Waals surface area contributed by atoms with Crippen molar-refractivity contribution in [1.82, 2.24) is 0 Å². The van der Waals surface area contributed by atoms with E-state index in [9.17, 15) is 4.79 Å². The number of rotatable bonds is 5. The molecule has 0 bridgehead atoms. The average molecular weight is 292 g/mol. The zero-order chi connectivity index (χ0) is 15.6. The van der Waals surface area contributed by atoms with Crippen LogP contribution in [-0.4, -0.2) is 19.3 Å². The molecular formula is C16H20O5. The zero-order valence-corrected chi connectivity index (χ0v) is 12.9. The predicted octanol–water partition coefficient (Wildman–Crippen LogP) is 3.38. The van der Waals surface area contributed by atoms with Gasteiger partial charge in [0.2, 0.25) is 11.5 Å². The van der Waals surface area contributed by atoms with Gasteiger partial charge in [0.25, 0.3) is 0 Å². The molecule has 1 heterocycles. The summed E-state index contributed by atoms with van der Waals surface area (Å²) in [5, 5.41) is 0.721. The number of hydrogen-bond donors (Lipinski definition) is 0. The Kier molecular flexibility index (Phi) is 4.40. The molecule has 0 fully saturated rings. The average Bonchev–Trinajstić information content (AvgIpc) is 2.40. The monoisotopic (exact) mass is 292 g/mol. The van der Waals surface area contributed by atoms with Gasteiger partial charge in [-0.1, -0.05) is 0 Å². The van der Waals surface area contributed by atoms with Crippen LogP contribution in [0, 0.1) is 0 Å². The lowest BCUT2D eigenvalue weighted by Crippen LogP contribution is -2.12. The lowest BCUT2D eigenvalue weighted by Gasteiger charge is -2.20. The topological polar surface area (TPSA) is 57.9 Å². The molecule has 0 unspecified atom stereocenters. The number of ether oxygens (including phenoxy) is 3. The third-order valence-electron chi connectivity index (χ3n) is 2.71. The van der Waals surface area contributed by atoms with Crippen LogP contribution in [0.4, 0.5) is 0 Å². The zero-order valence-electron chi connectivity index (χ0n) is 12.9. The summed E-state index contributed by atoms with van der Waals surface area (Å²) in [7, 11) is 1.56. The highest BCUT2D eigenvalue weighted by atomic mass is 16.6. The van der Waals surface area contributed by atoms with Crippen molar-refractivity contribution in [3.63, 3.8) is 0 Å². The van der Waals surface area contributed by atoms with Gasteiger partial charge in [-0.25, -0.2) is 4.79 Å². The molecule has 0 amide bonds. The van der Waals surface area contributed by atoms with Crippen LogP contribution in [0.5, 0.6) is 17.2 Å². The molecule has 0 aliphatic rings. The Labute approximate surface area is 123 Å². The molecule has 114 valence electrons. The first kappa shape index (κ1) is 15.2. The Morgan fingerprint density at radius 1 is 1.00 bits per heavy atom. The van der Waals surface area contributed by atoms with Gasteiger partial charge in [0.05, 0.1) is 19.3 Å². The van der Waals surface area contributed by atoms with Crippen molar-refractivity contribution < 1.29 is 18.6 Å². The summed E-state index contributed by atoms with van der Waals surface area (Å²) in [5.74, 6) is 1.38. The molecule has 1 aromatic heterocycles. The normalized spacial score (nSPS) is 11.2. The minimum atomic E-state index is -0.434. The lowest BCUT2D eigenvalue weighted by molar-refractivity contribution is 0.191. The molecule has 2 rings (SSSR count). The van der Waals surface area contributed by atoms with Crippen LogP contribution < -0.4 is 19.8 Å². The molecular weight excluding hydrogens is 272 g/mol. The molecule has 0 radical (unpaired) electrons. The van der Waals surface area contributed by atoms with Crippen molar-refractivity contribution >= 4 is 11.0 Å². The van der Waals surface area contributed by atoms with E-state index >= 15 is 0 Å². The van der Waals surface area contributed by atoms with Crippen molar-refractivity contribution in [3.8, 4) is 17.2 Å². The lowest BCUT2D eigenvalue weighted by atomic mass is 10.2. The highest BCUT2D eigenvalue weighted by molar-refractivity contribution is 5.88. The minimum Gasteiger partial charge on any atom is -0.493 e. The van der Waals surface area contributed by atoms with E-state index in [-0.39, 0.29) is 12.2 Å². The van der Waals surface area contributed by atoms with Gasteiger partial charge >= 0.3 is 5.63 Å². The highest BCUT2D eigenvalue weighted by Crippen LogP contribution is 2.44. The maximum absolute atomic E-state index is 11.5. The minimum absolute atomic E-state index is 0.0682. The van der Waals surface area contributed by atoms with Gasteiger partial charge < -0.3 is 18.6 Å². The molecule has 5 heteroatoms. The molecule has 21 heavy (non-hydrogen) atoms. The Hall–Kier alpha value is -2.17. The smallest absolute Gasteiger partial charge is 0.336 e. The summed E-state index contributed by atoms with van der Waals surface area (Å²) in [6.07, 6.45) is -0.165. The fraction of sp³-hybridized carbons (Fsp3) is 0.438. The van der Waals surface area contributed by atoms with Gasteiger partial charge in [0.15, 0.2) is 11.3 Å². The van der Waals surface area contributed by atoms with Crippen LogP contribution in [0.3, 0.4) is 0 Å². The van der Waals surface area contributed by atoms with E-state index in [0.717, 1.165) is 5.39 Å². The summed E-state index contributed by atoms with van der Waals surface area (Å²) < 4.78 is 22.3. The van der Waals surface area contributed by atoms with E-state index in [4.69, 9.17) is 18.6 Å². The molecule has 0 N–H and O–H groups in total. The van der Waals surface area contributed by atoms with E-state index in [1.807, 2.05) is 27.7 Å². The second-order valence-electron chi connectivity index (χ2n) is 5.24. The molecule has 0 saturated carbocycles. The fourth-order valence-corrected chi connectivity index (χ4v) is 1.98. The molecule has 1 aromatic carbocycles. The van der Waals surface area contributed by atoms with Crippen molar-refractivity contribution in [1.29, 1.82) is 0 Å². The summed E-state index contributed by atoms with van der Waals surface area (Å²) in [4.78, 5) is 11.5. The second-order valence-corrected chi connectivity index (χ2v) is 5.24. The molecule has 0 atom stereocenters. The van der Waals surface area contributed by atoms with Crippen LogP contribution in [0.1, 0.15) is 27.7 Å². The first-order valence-electron chi connectivity index (χ1n) is 6.90. The van der Waals surface area contributed by atoms with Crippen molar-refractivity contribution in [2.75, 3.05) is 7.11 Å². The number of fused-ring (bicyclic) bond motifs is 1. The molecule has 0 spiro atoms. The van der Waals surface area contributed by atoms with E-state index in [1.54, 1.807) is 19.2 Å². The van der Waals surface area contributed by atoms with Gasteiger partial charge in [-0.15, -0.1) is 0 Å². The van der Waals surface area contributed by atoms with Crippen molar-refractivity contribution in [3.05, 3.63) is 28.6 Å². The molecule has 0 aliphatic carbocycles. The summed E-state index contributed by atoms with van der Waals surface area (Å²) in [6.45, 7) is 7.60. The number of benzene rings is 1. The Balaban J connectivity index is 2.77. The summed E-state index contributed by atoms with van der Waals surface area (Å²) >= 11 is 0. The predicted molar refractivity (Wildman–Crippen MR) is 80.6 cm³/mol. The van der Waals surface area contributed by atoms with Gasteiger partial charge in [0, 0.05) is 11.5 Å². The molecule has 0 aliphatic heterocycles. The largest absolute Gasteiger partial charge is 0.493 e. The van der Waals surface area contributed by atoms with Crippen molar-refractivity contribution in [2.45, 2.75) is 39.9 Å². The van der Waals surface area contributed by atoms with Crippen LogP contribution in [0.25, 0.3) is 11.0 Å². The van der Waals surface area contributed by atoms with Crippen molar-refractivity contribution in [2.24, 2.45) is 0 Å². The fourth-order valence-electron chi connectivity index (χ4n) is 1.98. The molecule has 0 saturated heterocycles. The van der Waals surface area contributed by atoms with Gasteiger partial charge in [-0.2, -0.15) is 0 Å². The van der Waals surface area contributed by atoms with E-state index in [0.29, 0.717) is 22.8 Å². The number of methoxy groups -OCH3 is 1. The number of hydrogen-bond acceptors (Lipinski definition) is 5. The van der Waals surface area contributed by atoms with Gasteiger partial charge in [0.1, 0.15) is 0 Å². The third-order valence-corrected chi connectivity index (χ3v) is 2.71. The van der Waals surface area contributed by atoms with Gasteiger partial charge in [-0.3, -0.25) is 0 Å². The summed E-state index contributed by atoms with van der Waals surface area (Å²) in [6, 6.07) is 4.81.